The SMILES string of the molecule is CC1CCC(N2CCc3nc([C@H]4CCCN4C(=O)[C@@H]4CC=CCC4)[nH]c(=O)c3C2)CC1. The highest BCUT2D eigenvalue weighted by atomic mass is 16.2. The predicted octanol–water partition coefficient (Wildman–Crippen LogP) is 3.73. The van der Waals surface area contributed by atoms with Crippen LogP contribution in [0.5, 0.6) is 0 Å². The molecule has 4 aliphatic rings. The fraction of sp³-hybridized carbons (Fsp3) is 0.720. The first-order valence-corrected chi connectivity index (χ1v) is 12.4. The average molecular weight is 425 g/mol. The van der Waals surface area contributed by atoms with E-state index < -0.39 is 0 Å². The molecule has 1 aromatic rings. The van der Waals surface area contributed by atoms with Gasteiger partial charge in [-0.3, -0.25) is 14.5 Å². The van der Waals surface area contributed by atoms with Crippen LogP contribution >= 0.6 is 0 Å². The Hall–Kier alpha value is -1.95. The Morgan fingerprint density at radius 1 is 1.10 bits per heavy atom. The van der Waals surface area contributed by atoms with E-state index in [1.807, 2.05) is 4.90 Å². The van der Waals surface area contributed by atoms with E-state index in [2.05, 4.69) is 29.0 Å². The molecule has 0 unspecified atom stereocenters. The molecule has 0 spiro atoms. The van der Waals surface area contributed by atoms with E-state index in [-0.39, 0.29) is 23.4 Å². The van der Waals surface area contributed by atoms with Crippen LogP contribution in [0.25, 0.3) is 0 Å². The van der Waals surface area contributed by atoms with Gasteiger partial charge in [-0.2, -0.15) is 0 Å². The lowest BCUT2D eigenvalue weighted by Crippen LogP contribution is -2.44. The first-order chi connectivity index (χ1) is 15.1. The van der Waals surface area contributed by atoms with Gasteiger partial charge >= 0.3 is 0 Å². The molecule has 6 nitrogen and oxygen atoms in total. The Balaban J connectivity index is 1.32. The van der Waals surface area contributed by atoms with E-state index in [9.17, 15) is 9.59 Å². The Morgan fingerprint density at radius 3 is 2.71 bits per heavy atom. The van der Waals surface area contributed by atoms with Gasteiger partial charge in [0, 0.05) is 38.0 Å². The van der Waals surface area contributed by atoms with Gasteiger partial charge in [0.2, 0.25) is 5.91 Å². The zero-order valence-electron chi connectivity index (χ0n) is 18.8. The number of nitrogens with zero attached hydrogens (tertiary/aromatic N) is 3. The molecular formula is C25H36N4O2. The summed E-state index contributed by atoms with van der Waals surface area (Å²) in [4.78, 5) is 38.8. The number of aromatic nitrogens is 2. The number of carbonyl (C=O) groups is 1. The molecule has 6 heteroatoms. The van der Waals surface area contributed by atoms with Crippen LogP contribution in [-0.2, 0) is 17.8 Å². The van der Waals surface area contributed by atoms with Crippen LogP contribution in [0.4, 0.5) is 0 Å². The molecule has 31 heavy (non-hydrogen) atoms. The summed E-state index contributed by atoms with van der Waals surface area (Å²) < 4.78 is 0. The summed E-state index contributed by atoms with van der Waals surface area (Å²) in [6.07, 6.45) is 14.9. The molecule has 2 atom stereocenters. The van der Waals surface area contributed by atoms with E-state index in [0.29, 0.717) is 11.9 Å². The van der Waals surface area contributed by atoms with Gasteiger partial charge in [0.1, 0.15) is 5.82 Å². The lowest BCUT2D eigenvalue weighted by atomic mass is 9.86. The van der Waals surface area contributed by atoms with Crippen molar-refractivity contribution in [3.63, 3.8) is 0 Å². The minimum Gasteiger partial charge on any atom is -0.332 e. The molecule has 0 radical (unpaired) electrons. The maximum atomic E-state index is 13.2. The number of allylic oxidation sites excluding steroid dienone is 2. The van der Waals surface area contributed by atoms with Crippen LogP contribution < -0.4 is 5.56 Å². The summed E-state index contributed by atoms with van der Waals surface area (Å²) in [7, 11) is 0. The van der Waals surface area contributed by atoms with Gasteiger partial charge in [-0.1, -0.05) is 19.1 Å². The van der Waals surface area contributed by atoms with Crippen molar-refractivity contribution < 1.29 is 4.79 Å². The number of amides is 1. The molecule has 1 saturated heterocycles. The van der Waals surface area contributed by atoms with Gasteiger partial charge in [0.25, 0.3) is 5.56 Å². The third kappa shape index (κ3) is 4.23. The first-order valence-electron chi connectivity index (χ1n) is 12.4. The summed E-state index contributed by atoms with van der Waals surface area (Å²) in [5, 5.41) is 0. The lowest BCUT2D eigenvalue weighted by molar-refractivity contribution is -0.136. The highest BCUT2D eigenvalue weighted by molar-refractivity contribution is 5.80. The van der Waals surface area contributed by atoms with E-state index in [1.165, 1.54) is 25.7 Å². The second-order valence-corrected chi connectivity index (χ2v) is 10.2. The van der Waals surface area contributed by atoms with Crippen LogP contribution in [0.1, 0.15) is 87.8 Å². The van der Waals surface area contributed by atoms with Crippen molar-refractivity contribution in [2.45, 2.75) is 89.8 Å². The third-order valence-corrected chi connectivity index (χ3v) is 8.09. The van der Waals surface area contributed by atoms with Crippen LogP contribution in [0.15, 0.2) is 16.9 Å². The van der Waals surface area contributed by atoms with Crippen molar-refractivity contribution >= 4 is 5.91 Å². The van der Waals surface area contributed by atoms with Crippen LogP contribution in [0, 0.1) is 11.8 Å². The molecule has 168 valence electrons. The van der Waals surface area contributed by atoms with E-state index in [1.54, 1.807) is 0 Å². The highest BCUT2D eigenvalue weighted by Crippen LogP contribution is 2.34. The maximum Gasteiger partial charge on any atom is 0.255 e. The smallest absolute Gasteiger partial charge is 0.255 e. The molecule has 3 heterocycles. The number of nitrogens with one attached hydrogen (secondary N) is 1. The topological polar surface area (TPSA) is 69.3 Å². The van der Waals surface area contributed by atoms with Gasteiger partial charge in [-0.15, -0.1) is 0 Å². The fourth-order valence-electron chi connectivity index (χ4n) is 6.11. The molecule has 0 bridgehead atoms. The number of carbonyl (C=O) groups excluding carboxylic acids is 1. The molecule has 1 aromatic heterocycles. The van der Waals surface area contributed by atoms with Crippen LogP contribution in [-0.4, -0.2) is 44.8 Å². The Labute approximate surface area is 185 Å². The van der Waals surface area contributed by atoms with E-state index >= 15 is 0 Å². The summed E-state index contributed by atoms with van der Waals surface area (Å²) in [5.74, 6) is 1.87. The average Bonchev–Trinajstić information content (AvgIpc) is 3.29. The standard InChI is InChI=1S/C25H36N4O2/c1-17-9-11-19(12-10-17)28-15-13-21-20(16-28)24(30)27-23(26-21)22-8-5-14-29(22)25(31)18-6-3-2-4-7-18/h2-3,17-19,22H,4-16H2,1H3,(H,26,27,30)/t17?,18-,19?,22-/m1/s1. The zero-order chi connectivity index (χ0) is 21.4. The molecule has 1 amide bonds. The minimum absolute atomic E-state index is 0.00813. The lowest BCUT2D eigenvalue weighted by Gasteiger charge is -2.38. The Kier molecular flexibility index (Phi) is 6.00. The van der Waals surface area contributed by atoms with E-state index in [0.717, 1.165) is 75.3 Å². The number of fused-ring (bicyclic) bond motifs is 1. The zero-order valence-corrected chi connectivity index (χ0v) is 18.8. The Morgan fingerprint density at radius 2 is 1.94 bits per heavy atom. The number of aromatic amines is 1. The number of likely N-dealkylation sites (tertiary alicyclic amines) is 1. The fourth-order valence-corrected chi connectivity index (χ4v) is 6.11. The highest BCUT2D eigenvalue weighted by Gasteiger charge is 2.36. The van der Waals surface area contributed by atoms with Crippen molar-refractivity contribution in [1.82, 2.24) is 19.8 Å². The largest absolute Gasteiger partial charge is 0.332 e. The minimum atomic E-state index is -0.0748. The summed E-state index contributed by atoms with van der Waals surface area (Å²) in [6.45, 7) is 4.83. The molecule has 0 aromatic carbocycles. The molecular weight excluding hydrogens is 388 g/mol. The normalized spacial score (nSPS) is 31.6. The number of rotatable bonds is 3. The van der Waals surface area contributed by atoms with Crippen molar-refractivity contribution in [1.29, 1.82) is 0 Å². The van der Waals surface area contributed by atoms with Crippen LogP contribution in [0.3, 0.4) is 0 Å². The van der Waals surface area contributed by atoms with Gasteiger partial charge in [-0.25, -0.2) is 4.98 Å². The molecule has 2 aliphatic carbocycles. The second kappa shape index (κ2) is 8.89. The maximum absolute atomic E-state index is 13.2. The van der Waals surface area contributed by atoms with E-state index in [4.69, 9.17) is 4.98 Å². The summed E-state index contributed by atoms with van der Waals surface area (Å²) in [5.41, 5.74) is 1.81. The van der Waals surface area contributed by atoms with Gasteiger partial charge in [0.05, 0.1) is 17.3 Å². The predicted molar refractivity (Wildman–Crippen MR) is 121 cm³/mol. The summed E-state index contributed by atoms with van der Waals surface area (Å²) >= 11 is 0. The molecule has 2 fully saturated rings. The number of hydrogen-bond acceptors (Lipinski definition) is 4. The molecule has 1 saturated carbocycles. The van der Waals surface area contributed by atoms with Crippen molar-refractivity contribution in [3.8, 4) is 0 Å². The third-order valence-electron chi connectivity index (χ3n) is 8.09. The second-order valence-electron chi connectivity index (χ2n) is 10.2. The van der Waals surface area contributed by atoms with Gasteiger partial charge < -0.3 is 9.88 Å². The molecule has 1 N–H and O–H groups in total. The quantitative estimate of drug-likeness (QED) is 0.751. The Bertz CT molecular complexity index is 899. The van der Waals surface area contributed by atoms with Crippen LogP contribution in [0.2, 0.25) is 0 Å². The van der Waals surface area contributed by atoms with Crippen molar-refractivity contribution in [2.75, 3.05) is 13.1 Å². The number of H-pyrrole nitrogens is 1. The molecule has 5 rings (SSSR count). The monoisotopic (exact) mass is 424 g/mol. The van der Waals surface area contributed by atoms with Gasteiger partial charge in [0.15, 0.2) is 0 Å². The molecule has 2 aliphatic heterocycles. The van der Waals surface area contributed by atoms with Crippen molar-refractivity contribution in [3.05, 3.63) is 39.6 Å². The van der Waals surface area contributed by atoms with Gasteiger partial charge in [-0.05, 0) is 63.7 Å². The first kappa shape index (κ1) is 20.9. The van der Waals surface area contributed by atoms with Crippen molar-refractivity contribution in [2.24, 2.45) is 11.8 Å². The number of hydrogen-bond donors (Lipinski definition) is 1. The summed E-state index contributed by atoms with van der Waals surface area (Å²) in [6, 6.07) is 0.533.